The number of hydrogen-bond donors (Lipinski definition) is 4. The Kier molecular flexibility index (Phi) is 4.21. The van der Waals surface area contributed by atoms with Crippen molar-refractivity contribution in [3.05, 3.63) is 6.33 Å². The molecule has 2 aromatic heterocycles. The highest BCUT2D eigenvalue weighted by Gasteiger charge is 2.50. The highest BCUT2D eigenvalue weighted by molar-refractivity contribution is 7.98. The largest absolute Gasteiger partial charge is 0.396 e. The predicted octanol–water partition coefficient (Wildman–Crippen LogP) is 0.255. The summed E-state index contributed by atoms with van der Waals surface area (Å²) in [6, 6.07) is -0.401. The van der Waals surface area contributed by atoms with Gasteiger partial charge in [0, 0.05) is 12.5 Å². The van der Waals surface area contributed by atoms with E-state index in [1.165, 1.54) is 11.8 Å². The number of fused-ring (bicyclic) bond motifs is 1. The van der Waals surface area contributed by atoms with Crippen molar-refractivity contribution in [2.24, 2.45) is 5.41 Å². The number of nitrogens with zero attached hydrogens (tertiary/aromatic N) is 4. The molecule has 9 heteroatoms. The van der Waals surface area contributed by atoms with Gasteiger partial charge in [0.25, 0.3) is 0 Å². The second-order valence-corrected chi connectivity index (χ2v) is 6.93. The van der Waals surface area contributed by atoms with Gasteiger partial charge in [-0.2, -0.15) is 0 Å². The third kappa shape index (κ3) is 2.47. The minimum Gasteiger partial charge on any atom is -0.396 e. The lowest BCUT2D eigenvalue weighted by atomic mass is 9.87. The van der Waals surface area contributed by atoms with Gasteiger partial charge in [0.1, 0.15) is 6.10 Å². The van der Waals surface area contributed by atoms with E-state index in [2.05, 4.69) is 20.3 Å². The number of aromatic nitrogens is 4. The normalized spacial score (nSPS) is 31.0. The summed E-state index contributed by atoms with van der Waals surface area (Å²) < 4.78 is 1.77. The Balaban J connectivity index is 2.10. The predicted molar refractivity (Wildman–Crippen MR) is 87.5 cm³/mol. The first-order chi connectivity index (χ1) is 10.9. The maximum atomic E-state index is 10.4. The van der Waals surface area contributed by atoms with Gasteiger partial charge in [-0.25, -0.2) is 15.0 Å². The quantitative estimate of drug-likeness (QED) is 0.463. The third-order valence-corrected chi connectivity index (χ3v) is 5.19. The fourth-order valence-corrected chi connectivity index (χ4v) is 3.53. The summed E-state index contributed by atoms with van der Waals surface area (Å²) in [6.45, 7) is 1.57. The van der Waals surface area contributed by atoms with Gasteiger partial charge in [0.15, 0.2) is 22.1 Å². The molecule has 0 spiro atoms. The summed E-state index contributed by atoms with van der Waals surface area (Å²) in [5.74, 6) is 0.621. The van der Waals surface area contributed by atoms with E-state index < -0.39 is 23.7 Å². The molecule has 0 amide bonds. The molecule has 0 aliphatic heterocycles. The number of thioether (sulfide) groups is 1. The molecule has 2 unspecified atom stereocenters. The number of imidazole rings is 1. The van der Waals surface area contributed by atoms with Crippen LogP contribution in [0.5, 0.6) is 0 Å². The molecule has 1 aliphatic carbocycles. The van der Waals surface area contributed by atoms with Crippen molar-refractivity contribution in [3.63, 3.8) is 0 Å². The number of nitrogens with one attached hydrogen (secondary N) is 1. The van der Waals surface area contributed by atoms with Gasteiger partial charge in [-0.1, -0.05) is 18.7 Å². The SMILES string of the molecule is CNc1nc(SC)nc2c1ncn2[C@@H]1C[C@](C)(CO)C(O)C1O. The maximum Gasteiger partial charge on any atom is 0.191 e. The molecule has 1 fully saturated rings. The summed E-state index contributed by atoms with van der Waals surface area (Å²) in [6.07, 6.45) is 1.94. The van der Waals surface area contributed by atoms with Gasteiger partial charge in [0.05, 0.1) is 25.1 Å². The first-order valence-electron chi connectivity index (χ1n) is 7.38. The fraction of sp³-hybridized carbons (Fsp3) is 0.643. The van der Waals surface area contributed by atoms with Crippen molar-refractivity contribution < 1.29 is 15.3 Å². The van der Waals surface area contributed by atoms with Gasteiger partial charge in [-0.15, -0.1) is 0 Å². The standard InChI is InChI=1S/C14H21N5O3S/c1-14(5-20)4-7(9(21)10(14)22)19-6-16-8-11(15-2)17-13(23-3)18-12(8)19/h6-7,9-10,20-22H,4-5H2,1-3H3,(H,15,17,18)/t7-,9?,10?,14-/m1/s1. The molecule has 4 N–H and O–H groups in total. The molecule has 2 aromatic rings. The van der Waals surface area contributed by atoms with Gasteiger partial charge in [-0.3, -0.25) is 0 Å². The lowest BCUT2D eigenvalue weighted by Gasteiger charge is -2.25. The van der Waals surface area contributed by atoms with E-state index in [9.17, 15) is 15.3 Å². The summed E-state index contributed by atoms with van der Waals surface area (Å²) >= 11 is 1.42. The zero-order valence-corrected chi connectivity index (χ0v) is 14.1. The zero-order valence-electron chi connectivity index (χ0n) is 13.3. The number of rotatable bonds is 4. The molecule has 0 saturated heterocycles. The minimum absolute atomic E-state index is 0.193. The number of anilines is 1. The fourth-order valence-electron chi connectivity index (χ4n) is 3.17. The Hall–Kier alpha value is -1.42. The third-order valence-electron chi connectivity index (χ3n) is 4.65. The van der Waals surface area contributed by atoms with Crippen LogP contribution in [0.15, 0.2) is 11.5 Å². The summed E-state index contributed by atoms with van der Waals surface area (Å²) in [7, 11) is 1.77. The molecule has 1 saturated carbocycles. The average molecular weight is 339 g/mol. The van der Waals surface area contributed by atoms with Crippen molar-refractivity contribution in [3.8, 4) is 0 Å². The van der Waals surface area contributed by atoms with Crippen LogP contribution in [0, 0.1) is 5.41 Å². The van der Waals surface area contributed by atoms with Crippen molar-refractivity contribution in [2.75, 3.05) is 25.2 Å². The monoisotopic (exact) mass is 339 g/mol. The van der Waals surface area contributed by atoms with Gasteiger partial charge in [0.2, 0.25) is 0 Å². The summed E-state index contributed by atoms with van der Waals surface area (Å²) in [5, 5.41) is 33.9. The molecule has 4 atom stereocenters. The van der Waals surface area contributed by atoms with E-state index >= 15 is 0 Å². The van der Waals surface area contributed by atoms with Crippen molar-refractivity contribution in [1.82, 2.24) is 19.5 Å². The van der Waals surface area contributed by atoms with Crippen LogP contribution >= 0.6 is 11.8 Å². The van der Waals surface area contributed by atoms with Crippen LogP contribution < -0.4 is 5.32 Å². The van der Waals surface area contributed by atoms with E-state index in [0.29, 0.717) is 28.6 Å². The molecule has 23 heavy (non-hydrogen) atoms. The lowest BCUT2D eigenvalue weighted by molar-refractivity contribution is -0.0403. The van der Waals surface area contributed by atoms with Crippen LogP contribution in [0.25, 0.3) is 11.2 Å². The highest BCUT2D eigenvalue weighted by Crippen LogP contribution is 2.45. The Labute approximate surface area is 138 Å². The summed E-state index contributed by atoms with van der Waals surface area (Å²) in [4.78, 5) is 13.2. The molecular weight excluding hydrogens is 318 g/mol. The van der Waals surface area contributed by atoms with Crippen molar-refractivity contribution >= 4 is 28.7 Å². The molecular formula is C14H21N5O3S. The molecule has 0 aromatic carbocycles. The smallest absolute Gasteiger partial charge is 0.191 e. The van der Waals surface area contributed by atoms with Crippen LogP contribution in [0.3, 0.4) is 0 Å². The molecule has 2 heterocycles. The first-order valence-corrected chi connectivity index (χ1v) is 8.61. The maximum absolute atomic E-state index is 10.4. The van der Waals surface area contributed by atoms with Crippen LogP contribution in [0.2, 0.25) is 0 Å². The molecule has 1 aliphatic rings. The minimum atomic E-state index is -0.999. The molecule has 3 rings (SSSR count). The lowest BCUT2D eigenvalue weighted by Crippen LogP contribution is -2.36. The molecule has 8 nitrogen and oxygen atoms in total. The van der Waals surface area contributed by atoms with E-state index in [4.69, 9.17) is 0 Å². The highest BCUT2D eigenvalue weighted by atomic mass is 32.2. The van der Waals surface area contributed by atoms with E-state index in [-0.39, 0.29) is 6.61 Å². The topological polar surface area (TPSA) is 116 Å². The Morgan fingerprint density at radius 3 is 2.74 bits per heavy atom. The molecule has 0 radical (unpaired) electrons. The first kappa shape index (κ1) is 16.4. The second kappa shape index (κ2) is 5.90. The van der Waals surface area contributed by atoms with E-state index in [0.717, 1.165) is 0 Å². The van der Waals surface area contributed by atoms with Crippen molar-refractivity contribution in [1.29, 1.82) is 0 Å². The zero-order chi connectivity index (χ0) is 16.8. The van der Waals surface area contributed by atoms with Crippen LogP contribution in [0.1, 0.15) is 19.4 Å². The molecule has 0 bridgehead atoms. The van der Waals surface area contributed by atoms with Crippen LogP contribution in [0.4, 0.5) is 5.82 Å². The summed E-state index contributed by atoms with van der Waals surface area (Å²) in [5.41, 5.74) is 0.471. The number of aliphatic hydroxyl groups is 3. The van der Waals surface area contributed by atoms with E-state index in [1.54, 1.807) is 24.9 Å². The van der Waals surface area contributed by atoms with E-state index in [1.807, 2.05) is 6.26 Å². The van der Waals surface area contributed by atoms with Crippen LogP contribution in [-0.4, -0.2) is 67.0 Å². The Morgan fingerprint density at radius 1 is 1.43 bits per heavy atom. The van der Waals surface area contributed by atoms with Gasteiger partial charge >= 0.3 is 0 Å². The average Bonchev–Trinajstić information content (AvgIpc) is 3.09. The van der Waals surface area contributed by atoms with Crippen LogP contribution in [-0.2, 0) is 0 Å². The number of hydrogen-bond acceptors (Lipinski definition) is 8. The second-order valence-electron chi connectivity index (χ2n) is 6.15. The van der Waals surface area contributed by atoms with Gasteiger partial charge < -0.3 is 25.2 Å². The van der Waals surface area contributed by atoms with Gasteiger partial charge in [-0.05, 0) is 12.7 Å². The number of aliphatic hydroxyl groups excluding tert-OH is 3. The molecule has 126 valence electrons. The Bertz CT molecular complexity index is 724. The Morgan fingerprint density at radius 2 is 2.17 bits per heavy atom. The van der Waals surface area contributed by atoms with Crippen molar-refractivity contribution in [2.45, 2.75) is 36.8 Å².